The minimum Gasteiger partial charge on any atom is -0.350 e. The molecule has 4 heterocycles. The van der Waals surface area contributed by atoms with Crippen molar-refractivity contribution >= 4 is 16.8 Å². The Hall–Kier alpha value is -2.74. The van der Waals surface area contributed by atoms with Gasteiger partial charge in [0, 0.05) is 29.3 Å². The van der Waals surface area contributed by atoms with Gasteiger partial charge in [-0.3, -0.25) is 14.5 Å². The van der Waals surface area contributed by atoms with Crippen molar-refractivity contribution < 1.29 is 4.79 Å². The Labute approximate surface area is 138 Å². The molecule has 0 aliphatic carbocycles. The van der Waals surface area contributed by atoms with Crippen LogP contribution < -0.4 is 10.6 Å². The first-order valence-electron chi connectivity index (χ1n) is 8.11. The highest BCUT2D eigenvalue weighted by Gasteiger charge is 2.15. The smallest absolute Gasteiger partial charge is 0.268 e. The van der Waals surface area contributed by atoms with E-state index < -0.39 is 0 Å². The molecular formula is C16H19N7O. The van der Waals surface area contributed by atoms with E-state index in [-0.39, 0.29) is 5.91 Å². The SMILES string of the molecule is O=C(NCc1cn(C[C@@H]2CCCN2)nn1)c1cc2cnccc2[nH]1. The van der Waals surface area contributed by atoms with Crippen molar-refractivity contribution in [3.05, 3.63) is 42.1 Å². The lowest BCUT2D eigenvalue weighted by Gasteiger charge is -2.08. The fourth-order valence-electron chi connectivity index (χ4n) is 3.01. The molecule has 1 aliphatic rings. The van der Waals surface area contributed by atoms with Gasteiger partial charge < -0.3 is 15.6 Å². The van der Waals surface area contributed by atoms with E-state index in [4.69, 9.17) is 0 Å². The maximum Gasteiger partial charge on any atom is 0.268 e. The number of carbonyl (C=O) groups is 1. The van der Waals surface area contributed by atoms with Crippen LogP contribution in [0.2, 0.25) is 0 Å². The summed E-state index contributed by atoms with van der Waals surface area (Å²) in [5, 5.41) is 15.4. The molecule has 1 aliphatic heterocycles. The van der Waals surface area contributed by atoms with Crippen LogP contribution in [-0.2, 0) is 13.1 Å². The first kappa shape index (κ1) is 14.8. The van der Waals surface area contributed by atoms with Crippen LogP contribution in [0.1, 0.15) is 29.0 Å². The summed E-state index contributed by atoms with van der Waals surface area (Å²) in [4.78, 5) is 19.4. The van der Waals surface area contributed by atoms with Crippen molar-refractivity contribution in [1.29, 1.82) is 0 Å². The van der Waals surface area contributed by atoms with Crippen LogP contribution in [0.4, 0.5) is 0 Å². The summed E-state index contributed by atoms with van der Waals surface area (Å²) < 4.78 is 1.83. The second kappa shape index (κ2) is 6.40. The van der Waals surface area contributed by atoms with Crippen LogP contribution in [0, 0.1) is 0 Å². The van der Waals surface area contributed by atoms with E-state index in [0.717, 1.165) is 29.7 Å². The maximum atomic E-state index is 12.2. The number of rotatable bonds is 5. The first-order chi connectivity index (χ1) is 11.8. The predicted molar refractivity (Wildman–Crippen MR) is 88.3 cm³/mol. The number of hydrogen-bond donors (Lipinski definition) is 3. The van der Waals surface area contributed by atoms with Gasteiger partial charge in [0.05, 0.1) is 19.3 Å². The molecule has 0 saturated carbocycles. The molecule has 0 radical (unpaired) electrons. The van der Waals surface area contributed by atoms with Crippen LogP contribution in [0.3, 0.4) is 0 Å². The van der Waals surface area contributed by atoms with Crippen molar-refractivity contribution in [3.63, 3.8) is 0 Å². The van der Waals surface area contributed by atoms with Gasteiger partial charge in [-0.2, -0.15) is 0 Å². The number of carbonyl (C=O) groups excluding carboxylic acids is 1. The number of fused-ring (bicyclic) bond motifs is 1. The molecule has 3 N–H and O–H groups in total. The third kappa shape index (κ3) is 3.13. The zero-order valence-electron chi connectivity index (χ0n) is 13.2. The Morgan fingerprint density at radius 3 is 3.25 bits per heavy atom. The molecule has 124 valence electrons. The highest BCUT2D eigenvalue weighted by Crippen LogP contribution is 2.13. The van der Waals surface area contributed by atoms with Crippen LogP contribution in [0.5, 0.6) is 0 Å². The third-order valence-electron chi connectivity index (χ3n) is 4.25. The molecule has 1 fully saturated rings. The summed E-state index contributed by atoms with van der Waals surface area (Å²) >= 11 is 0. The Morgan fingerprint density at radius 1 is 1.46 bits per heavy atom. The Bertz CT molecular complexity index is 814. The van der Waals surface area contributed by atoms with Crippen molar-refractivity contribution in [2.45, 2.75) is 32.0 Å². The van der Waals surface area contributed by atoms with Crippen molar-refractivity contribution in [1.82, 2.24) is 35.6 Å². The summed E-state index contributed by atoms with van der Waals surface area (Å²) in [7, 11) is 0. The van der Waals surface area contributed by atoms with Gasteiger partial charge in [-0.1, -0.05) is 5.21 Å². The average molecular weight is 325 g/mol. The number of pyridine rings is 1. The van der Waals surface area contributed by atoms with Crippen LogP contribution in [0.25, 0.3) is 10.9 Å². The molecule has 0 bridgehead atoms. The zero-order chi connectivity index (χ0) is 16.4. The molecular weight excluding hydrogens is 306 g/mol. The minimum absolute atomic E-state index is 0.168. The van der Waals surface area contributed by atoms with Gasteiger partial charge in [-0.15, -0.1) is 5.10 Å². The highest BCUT2D eigenvalue weighted by atomic mass is 16.1. The summed E-state index contributed by atoms with van der Waals surface area (Å²) in [6, 6.07) is 4.10. The summed E-state index contributed by atoms with van der Waals surface area (Å²) in [6.45, 7) is 2.24. The van der Waals surface area contributed by atoms with Crippen molar-refractivity contribution in [2.24, 2.45) is 0 Å². The van der Waals surface area contributed by atoms with Crippen LogP contribution >= 0.6 is 0 Å². The lowest BCUT2D eigenvalue weighted by molar-refractivity contribution is 0.0946. The van der Waals surface area contributed by atoms with Gasteiger partial charge in [-0.25, -0.2) is 0 Å². The van der Waals surface area contributed by atoms with Gasteiger partial charge in [0.2, 0.25) is 0 Å². The molecule has 0 spiro atoms. The first-order valence-corrected chi connectivity index (χ1v) is 8.11. The van der Waals surface area contributed by atoms with E-state index in [1.807, 2.05) is 16.9 Å². The highest BCUT2D eigenvalue weighted by molar-refractivity contribution is 5.97. The number of hydrogen-bond acceptors (Lipinski definition) is 5. The number of aromatic nitrogens is 5. The fraction of sp³-hybridized carbons (Fsp3) is 0.375. The predicted octanol–water partition coefficient (Wildman–Crippen LogP) is 0.836. The summed E-state index contributed by atoms with van der Waals surface area (Å²) in [6.07, 6.45) is 7.68. The average Bonchev–Trinajstić information content (AvgIpc) is 3.33. The van der Waals surface area contributed by atoms with E-state index >= 15 is 0 Å². The molecule has 1 atom stereocenters. The molecule has 1 amide bonds. The number of H-pyrrole nitrogens is 1. The van der Waals surface area contributed by atoms with Crippen LogP contribution in [-0.4, -0.2) is 43.5 Å². The maximum absolute atomic E-state index is 12.2. The molecule has 4 rings (SSSR count). The van der Waals surface area contributed by atoms with Crippen molar-refractivity contribution in [2.75, 3.05) is 6.54 Å². The number of amides is 1. The third-order valence-corrected chi connectivity index (χ3v) is 4.25. The fourth-order valence-corrected chi connectivity index (χ4v) is 3.01. The number of nitrogens with one attached hydrogen (secondary N) is 3. The molecule has 3 aromatic heterocycles. The quantitative estimate of drug-likeness (QED) is 0.645. The number of nitrogens with zero attached hydrogens (tertiary/aromatic N) is 4. The van der Waals surface area contributed by atoms with Gasteiger partial charge >= 0.3 is 0 Å². The minimum atomic E-state index is -0.168. The van der Waals surface area contributed by atoms with Gasteiger partial charge in [0.25, 0.3) is 5.91 Å². The van der Waals surface area contributed by atoms with E-state index in [9.17, 15) is 4.79 Å². The van der Waals surface area contributed by atoms with Crippen molar-refractivity contribution in [3.8, 4) is 0 Å². The van der Waals surface area contributed by atoms with E-state index in [2.05, 4.69) is 30.9 Å². The Balaban J connectivity index is 1.35. The molecule has 0 unspecified atom stereocenters. The molecule has 0 aromatic carbocycles. The van der Waals surface area contributed by atoms with E-state index in [0.29, 0.717) is 18.3 Å². The van der Waals surface area contributed by atoms with E-state index in [1.165, 1.54) is 12.8 Å². The lowest BCUT2D eigenvalue weighted by Crippen LogP contribution is -2.27. The second-order valence-electron chi connectivity index (χ2n) is 6.05. The molecule has 3 aromatic rings. The molecule has 8 nitrogen and oxygen atoms in total. The molecule has 8 heteroatoms. The number of aromatic amines is 1. The van der Waals surface area contributed by atoms with Gasteiger partial charge in [-0.05, 0) is 31.5 Å². The van der Waals surface area contributed by atoms with E-state index in [1.54, 1.807) is 18.5 Å². The van der Waals surface area contributed by atoms with Gasteiger partial charge in [0.1, 0.15) is 11.4 Å². The topological polar surface area (TPSA) is 101 Å². The monoisotopic (exact) mass is 325 g/mol. The van der Waals surface area contributed by atoms with Crippen LogP contribution in [0.15, 0.2) is 30.7 Å². The second-order valence-corrected chi connectivity index (χ2v) is 6.05. The molecule has 24 heavy (non-hydrogen) atoms. The standard InChI is InChI=1S/C16H19N7O/c24-16(15-6-11-7-17-5-3-14(11)20-15)19-8-13-10-23(22-21-13)9-12-2-1-4-18-12/h3,5-7,10,12,18,20H,1-2,4,8-9H2,(H,19,24)/t12-/m0/s1. The summed E-state index contributed by atoms with van der Waals surface area (Å²) in [5.41, 5.74) is 2.16. The lowest BCUT2D eigenvalue weighted by atomic mass is 10.2. The molecule has 1 saturated heterocycles. The Kier molecular flexibility index (Phi) is 3.96. The Morgan fingerprint density at radius 2 is 2.42 bits per heavy atom. The summed E-state index contributed by atoms with van der Waals surface area (Å²) in [5.74, 6) is -0.168. The zero-order valence-corrected chi connectivity index (χ0v) is 13.2. The van der Waals surface area contributed by atoms with Gasteiger partial charge in [0.15, 0.2) is 0 Å². The largest absolute Gasteiger partial charge is 0.350 e. The normalized spacial score (nSPS) is 17.4.